The molecular formula is C14H25NS. The summed E-state index contributed by atoms with van der Waals surface area (Å²) in [6, 6.07) is 2.28. The van der Waals surface area contributed by atoms with Crippen molar-refractivity contribution in [1.82, 2.24) is 0 Å². The minimum atomic E-state index is 0.317. The molecule has 0 fully saturated rings. The highest BCUT2D eigenvalue weighted by molar-refractivity contribution is 7.10. The van der Waals surface area contributed by atoms with E-state index < -0.39 is 0 Å². The van der Waals surface area contributed by atoms with Crippen LogP contribution in [-0.2, 0) is 12.0 Å². The highest BCUT2D eigenvalue weighted by Crippen LogP contribution is 2.32. The fourth-order valence-corrected chi connectivity index (χ4v) is 2.94. The molecule has 0 spiro atoms. The van der Waals surface area contributed by atoms with Crippen LogP contribution in [0.2, 0.25) is 0 Å². The summed E-state index contributed by atoms with van der Waals surface area (Å²) in [6.45, 7) is 7.64. The second-order valence-electron chi connectivity index (χ2n) is 5.20. The highest BCUT2D eigenvalue weighted by Gasteiger charge is 2.21. The van der Waals surface area contributed by atoms with Crippen LogP contribution in [0.15, 0.2) is 11.4 Å². The molecule has 2 heteroatoms. The van der Waals surface area contributed by atoms with Crippen molar-refractivity contribution >= 4 is 11.3 Å². The van der Waals surface area contributed by atoms with E-state index >= 15 is 0 Å². The van der Waals surface area contributed by atoms with Gasteiger partial charge in [0.15, 0.2) is 0 Å². The van der Waals surface area contributed by atoms with E-state index in [2.05, 4.69) is 32.2 Å². The molecule has 0 atom stereocenters. The zero-order valence-corrected chi connectivity index (χ0v) is 11.7. The summed E-state index contributed by atoms with van der Waals surface area (Å²) in [5.41, 5.74) is 7.44. The average molecular weight is 239 g/mol. The molecule has 16 heavy (non-hydrogen) atoms. The van der Waals surface area contributed by atoms with Gasteiger partial charge in [0.05, 0.1) is 0 Å². The number of thiophene rings is 1. The van der Waals surface area contributed by atoms with Gasteiger partial charge in [-0.3, -0.25) is 0 Å². The van der Waals surface area contributed by atoms with Gasteiger partial charge in [-0.25, -0.2) is 0 Å². The smallest absolute Gasteiger partial charge is 0.0273 e. The molecule has 0 aromatic carbocycles. The molecule has 1 heterocycles. The maximum atomic E-state index is 5.66. The maximum Gasteiger partial charge on any atom is 0.0273 e. The summed E-state index contributed by atoms with van der Waals surface area (Å²) >= 11 is 1.80. The van der Waals surface area contributed by atoms with Gasteiger partial charge in [0.2, 0.25) is 0 Å². The van der Waals surface area contributed by atoms with Crippen LogP contribution in [0.25, 0.3) is 0 Å². The first-order valence-corrected chi connectivity index (χ1v) is 7.26. The number of hydrogen-bond acceptors (Lipinski definition) is 2. The summed E-state index contributed by atoms with van der Waals surface area (Å²) in [5, 5.41) is 2.28. The van der Waals surface area contributed by atoms with Crippen molar-refractivity contribution in [2.24, 2.45) is 5.73 Å². The van der Waals surface area contributed by atoms with E-state index in [-0.39, 0.29) is 0 Å². The number of nitrogens with two attached hydrogens (primary N) is 1. The van der Waals surface area contributed by atoms with Crippen molar-refractivity contribution < 1.29 is 0 Å². The van der Waals surface area contributed by atoms with Gasteiger partial charge >= 0.3 is 0 Å². The van der Waals surface area contributed by atoms with E-state index in [0.717, 1.165) is 0 Å². The topological polar surface area (TPSA) is 26.0 Å². The van der Waals surface area contributed by atoms with Crippen molar-refractivity contribution in [3.05, 3.63) is 21.9 Å². The van der Waals surface area contributed by atoms with E-state index in [1.807, 2.05) is 0 Å². The van der Waals surface area contributed by atoms with Gasteiger partial charge in [-0.2, -0.15) is 0 Å². The zero-order valence-electron chi connectivity index (χ0n) is 10.9. The predicted molar refractivity (Wildman–Crippen MR) is 74.0 cm³/mol. The van der Waals surface area contributed by atoms with Gasteiger partial charge in [-0.15, -0.1) is 11.3 Å². The molecule has 0 aliphatic carbocycles. The normalized spacial score (nSPS) is 12.0. The summed E-state index contributed by atoms with van der Waals surface area (Å²) < 4.78 is 0. The molecule has 1 aromatic heterocycles. The van der Waals surface area contributed by atoms with E-state index in [4.69, 9.17) is 5.73 Å². The Morgan fingerprint density at radius 2 is 2.00 bits per heavy atom. The lowest BCUT2D eigenvalue weighted by molar-refractivity contribution is 0.447. The fraction of sp³-hybridized carbons (Fsp3) is 0.714. The lowest BCUT2D eigenvalue weighted by Crippen LogP contribution is -2.15. The molecule has 0 aliphatic heterocycles. The van der Waals surface area contributed by atoms with Crippen LogP contribution in [0, 0.1) is 0 Å². The molecular weight excluding hydrogens is 214 g/mol. The Morgan fingerprint density at radius 3 is 2.56 bits per heavy atom. The van der Waals surface area contributed by atoms with Crippen LogP contribution in [0.5, 0.6) is 0 Å². The SMILES string of the molecule is CCCCCCC(C)(C)c1csc(CN)c1. The van der Waals surface area contributed by atoms with Gasteiger partial charge in [-0.05, 0) is 28.8 Å². The van der Waals surface area contributed by atoms with Gasteiger partial charge in [0.1, 0.15) is 0 Å². The maximum absolute atomic E-state index is 5.66. The fourth-order valence-electron chi connectivity index (χ4n) is 1.98. The van der Waals surface area contributed by atoms with Crippen molar-refractivity contribution in [3.63, 3.8) is 0 Å². The first-order valence-electron chi connectivity index (χ1n) is 6.38. The molecule has 0 saturated heterocycles. The minimum Gasteiger partial charge on any atom is -0.326 e. The summed E-state index contributed by atoms with van der Waals surface area (Å²) in [7, 11) is 0. The minimum absolute atomic E-state index is 0.317. The monoisotopic (exact) mass is 239 g/mol. The van der Waals surface area contributed by atoms with Crippen LogP contribution in [-0.4, -0.2) is 0 Å². The van der Waals surface area contributed by atoms with Gasteiger partial charge in [0.25, 0.3) is 0 Å². The van der Waals surface area contributed by atoms with Crippen LogP contribution in [0.1, 0.15) is 63.3 Å². The lowest BCUT2D eigenvalue weighted by Gasteiger charge is -2.23. The Labute approximate surface area is 104 Å². The number of hydrogen-bond donors (Lipinski definition) is 1. The molecule has 0 unspecified atom stereocenters. The third-order valence-electron chi connectivity index (χ3n) is 3.29. The van der Waals surface area contributed by atoms with Crippen LogP contribution < -0.4 is 5.73 Å². The molecule has 2 N–H and O–H groups in total. The lowest BCUT2D eigenvalue weighted by atomic mass is 9.81. The third kappa shape index (κ3) is 3.91. The number of rotatable bonds is 7. The molecule has 0 aliphatic rings. The largest absolute Gasteiger partial charge is 0.326 e. The van der Waals surface area contributed by atoms with Gasteiger partial charge in [0, 0.05) is 11.4 Å². The van der Waals surface area contributed by atoms with Crippen molar-refractivity contribution in [2.75, 3.05) is 0 Å². The zero-order chi connectivity index (χ0) is 12.0. The Kier molecular flexibility index (Phi) is 5.50. The molecule has 92 valence electrons. The van der Waals surface area contributed by atoms with Gasteiger partial charge < -0.3 is 5.73 Å². The van der Waals surface area contributed by atoms with Gasteiger partial charge in [-0.1, -0.05) is 46.5 Å². The Hall–Kier alpha value is -0.340. The molecule has 0 bridgehead atoms. The third-order valence-corrected chi connectivity index (χ3v) is 4.25. The van der Waals surface area contributed by atoms with Crippen molar-refractivity contribution in [2.45, 2.75) is 64.8 Å². The summed E-state index contributed by atoms with van der Waals surface area (Å²) in [5.74, 6) is 0. The number of unbranched alkanes of at least 4 members (excludes halogenated alkanes) is 3. The van der Waals surface area contributed by atoms with Crippen LogP contribution >= 0.6 is 11.3 Å². The second-order valence-corrected chi connectivity index (χ2v) is 6.20. The molecule has 0 radical (unpaired) electrons. The summed E-state index contributed by atoms with van der Waals surface area (Å²) in [6.07, 6.45) is 6.68. The van der Waals surface area contributed by atoms with E-state index in [1.165, 1.54) is 42.5 Å². The van der Waals surface area contributed by atoms with Crippen molar-refractivity contribution in [3.8, 4) is 0 Å². The molecule has 0 amide bonds. The highest BCUT2D eigenvalue weighted by atomic mass is 32.1. The standard InChI is InChI=1S/C14H25NS/c1-4-5-6-7-8-14(2,3)12-9-13(10-15)16-11-12/h9,11H,4-8,10,15H2,1-3H3. The molecule has 1 rings (SSSR count). The van der Waals surface area contributed by atoms with E-state index in [0.29, 0.717) is 12.0 Å². The Balaban J connectivity index is 2.48. The Bertz CT molecular complexity index is 301. The average Bonchev–Trinajstić information content (AvgIpc) is 2.73. The van der Waals surface area contributed by atoms with Crippen LogP contribution in [0.3, 0.4) is 0 Å². The van der Waals surface area contributed by atoms with Crippen molar-refractivity contribution in [1.29, 1.82) is 0 Å². The molecule has 1 aromatic rings. The second kappa shape index (κ2) is 6.41. The molecule has 0 saturated carbocycles. The van der Waals surface area contributed by atoms with Crippen LogP contribution in [0.4, 0.5) is 0 Å². The quantitative estimate of drug-likeness (QED) is 0.699. The Morgan fingerprint density at radius 1 is 1.25 bits per heavy atom. The van der Waals surface area contributed by atoms with E-state index in [1.54, 1.807) is 11.3 Å². The summed E-state index contributed by atoms with van der Waals surface area (Å²) in [4.78, 5) is 1.30. The first kappa shape index (κ1) is 13.7. The van der Waals surface area contributed by atoms with E-state index in [9.17, 15) is 0 Å². The first-order chi connectivity index (χ1) is 7.60. The predicted octanol–water partition coefficient (Wildman–Crippen LogP) is 4.45. The molecule has 1 nitrogen and oxygen atoms in total.